The van der Waals surface area contributed by atoms with Gasteiger partial charge in [-0.2, -0.15) is 0 Å². The van der Waals surface area contributed by atoms with Crippen molar-refractivity contribution < 1.29 is 4.74 Å². The Balaban J connectivity index is 2.50. The van der Waals surface area contributed by atoms with E-state index in [1.165, 1.54) is 4.90 Å². The van der Waals surface area contributed by atoms with Crippen LogP contribution in [0.2, 0.25) is 0 Å². The molecule has 2 N–H and O–H groups in total. The number of para-hydroxylation sites is 1. The van der Waals surface area contributed by atoms with E-state index >= 15 is 0 Å². The lowest BCUT2D eigenvalue weighted by atomic mass is 10.1. The molecule has 2 rings (SSSR count). The highest BCUT2D eigenvalue weighted by Crippen LogP contribution is 2.38. The molecule has 1 aliphatic rings. The van der Waals surface area contributed by atoms with Crippen LogP contribution in [0.3, 0.4) is 0 Å². The number of ether oxygens (including phenoxy) is 1. The van der Waals surface area contributed by atoms with Crippen molar-refractivity contribution >= 4 is 11.8 Å². The molecule has 0 aromatic heterocycles. The zero-order valence-electron chi connectivity index (χ0n) is 6.91. The summed E-state index contributed by atoms with van der Waals surface area (Å²) < 4.78 is 5.49. The number of fused-ring (bicyclic) bond motifs is 1. The molecule has 1 heterocycles. The van der Waals surface area contributed by atoms with Gasteiger partial charge in [0.1, 0.15) is 12.4 Å². The minimum absolute atomic E-state index is 0.0621. The maximum atomic E-state index is 5.84. The summed E-state index contributed by atoms with van der Waals surface area (Å²) in [5, 5.41) is 0. The molecule has 0 bridgehead atoms. The van der Waals surface area contributed by atoms with Gasteiger partial charge in [-0.3, -0.25) is 0 Å². The van der Waals surface area contributed by atoms with Crippen molar-refractivity contribution in [3.8, 4) is 5.75 Å². The quantitative estimate of drug-likeness (QED) is 0.671. The zero-order valence-corrected chi connectivity index (χ0v) is 7.73. The number of benzene rings is 1. The fourth-order valence-electron chi connectivity index (χ4n) is 1.40. The zero-order chi connectivity index (χ0) is 8.55. The first kappa shape index (κ1) is 7.95. The van der Waals surface area contributed by atoms with Crippen molar-refractivity contribution in [3.63, 3.8) is 0 Å². The molecule has 2 nitrogen and oxygen atoms in total. The summed E-state index contributed by atoms with van der Waals surface area (Å²) in [5.41, 5.74) is 6.98. The maximum Gasteiger partial charge on any atom is 0.137 e. The van der Waals surface area contributed by atoms with Crippen LogP contribution in [0.4, 0.5) is 0 Å². The van der Waals surface area contributed by atoms with Crippen molar-refractivity contribution in [2.45, 2.75) is 10.9 Å². The molecule has 1 aromatic rings. The molecule has 0 amide bonds. The van der Waals surface area contributed by atoms with E-state index in [-0.39, 0.29) is 6.04 Å². The van der Waals surface area contributed by atoms with E-state index in [1.807, 2.05) is 18.4 Å². The lowest BCUT2D eigenvalue weighted by Gasteiger charge is -2.03. The van der Waals surface area contributed by atoms with Gasteiger partial charge in [-0.15, -0.1) is 11.8 Å². The topological polar surface area (TPSA) is 35.2 Å². The highest BCUT2D eigenvalue weighted by atomic mass is 32.2. The predicted octanol–water partition coefficient (Wildman–Crippen LogP) is 1.80. The third-order valence-electron chi connectivity index (χ3n) is 2.04. The Morgan fingerprint density at radius 3 is 3.17 bits per heavy atom. The fourth-order valence-corrected chi connectivity index (χ4v) is 1.98. The largest absolute Gasteiger partial charge is 0.490 e. The lowest BCUT2D eigenvalue weighted by molar-refractivity contribution is 0.327. The molecule has 1 atom stereocenters. The Hall–Kier alpha value is -0.670. The molecule has 0 aliphatic carbocycles. The second-order valence-electron chi connectivity index (χ2n) is 2.80. The summed E-state index contributed by atoms with van der Waals surface area (Å²) in [5.74, 6) is 0.984. The average molecular weight is 181 g/mol. The van der Waals surface area contributed by atoms with Crippen LogP contribution in [0.25, 0.3) is 0 Å². The molecule has 0 spiro atoms. The van der Waals surface area contributed by atoms with E-state index in [4.69, 9.17) is 10.5 Å². The second-order valence-corrected chi connectivity index (χ2v) is 3.64. The summed E-state index contributed by atoms with van der Waals surface area (Å²) in [6.07, 6.45) is 2.04. The molecule has 0 fully saturated rings. The summed E-state index contributed by atoms with van der Waals surface area (Å²) >= 11 is 1.70. The van der Waals surface area contributed by atoms with E-state index in [0.29, 0.717) is 6.61 Å². The molecular weight excluding hydrogens is 170 g/mol. The molecule has 1 aliphatic heterocycles. The van der Waals surface area contributed by atoms with Gasteiger partial charge in [0.2, 0.25) is 0 Å². The van der Waals surface area contributed by atoms with Gasteiger partial charge >= 0.3 is 0 Å². The third kappa shape index (κ3) is 1.09. The Labute approximate surface area is 76.1 Å². The Morgan fingerprint density at radius 2 is 2.42 bits per heavy atom. The molecule has 1 aromatic carbocycles. The van der Waals surface area contributed by atoms with Crippen molar-refractivity contribution in [1.29, 1.82) is 0 Å². The van der Waals surface area contributed by atoms with Gasteiger partial charge in [0.05, 0.1) is 6.04 Å². The van der Waals surface area contributed by atoms with Crippen molar-refractivity contribution in [1.82, 2.24) is 0 Å². The third-order valence-corrected chi connectivity index (χ3v) is 2.80. The summed E-state index contributed by atoms with van der Waals surface area (Å²) in [6.45, 7) is 0.618. The fraction of sp³-hybridized carbons (Fsp3) is 0.333. The summed E-state index contributed by atoms with van der Waals surface area (Å²) in [6, 6.07) is 6.18. The van der Waals surface area contributed by atoms with Gasteiger partial charge < -0.3 is 10.5 Å². The Kier molecular flexibility index (Phi) is 1.98. The van der Waals surface area contributed by atoms with Gasteiger partial charge in [-0.25, -0.2) is 0 Å². The predicted molar refractivity (Wildman–Crippen MR) is 50.6 cm³/mol. The molecule has 64 valence electrons. The monoisotopic (exact) mass is 181 g/mol. The van der Waals surface area contributed by atoms with Crippen LogP contribution in [0, 0.1) is 0 Å². The first-order valence-corrected chi connectivity index (χ1v) is 5.10. The van der Waals surface area contributed by atoms with Crippen LogP contribution in [0.5, 0.6) is 5.75 Å². The average Bonchev–Trinajstić information content (AvgIpc) is 2.48. The minimum atomic E-state index is 0.0621. The van der Waals surface area contributed by atoms with Crippen LogP contribution >= 0.6 is 11.8 Å². The molecule has 3 heteroatoms. The standard InChI is InChI=1S/C9H11NOS/c1-12-8-4-2-3-6-7(10)5-11-9(6)8/h2-4,7H,5,10H2,1H3. The maximum absolute atomic E-state index is 5.84. The first-order chi connectivity index (χ1) is 5.83. The van der Waals surface area contributed by atoms with Crippen molar-refractivity contribution in [2.75, 3.05) is 12.9 Å². The molecule has 0 radical (unpaired) electrons. The van der Waals surface area contributed by atoms with Gasteiger partial charge in [-0.05, 0) is 12.3 Å². The van der Waals surface area contributed by atoms with Crippen LogP contribution < -0.4 is 10.5 Å². The van der Waals surface area contributed by atoms with E-state index in [9.17, 15) is 0 Å². The van der Waals surface area contributed by atoms with Gasteiger partial charge in [0.25, 0.3) is 0 Å². The molecule has 0 saturated carbocycles. The van der Waals surface area contributed by atoms with E-state index in [2.05, 4.69) is 6.07 Å². The number of hydrogen-bond acceptors (Lipinski definition) is 3. The Bertz CT molecular complexity index is 301. The summed E-state index contributed by atoms with van der Waals surface area (Å²) in [4.78, 5) is 1.18. The molecule has 0 saturated heterocycles. The SMILES string of the molecule is CSc1cccc2c1OCC2N. The van der Waals surface area contributed by atoms with Gasteiger partial charge in [0.15, 0.2) is 0 Å². The number of nitrogens with two attached hydrogens (primary N) is 1. The summed E-state index contributed by atoms with van der Waals surface area (Å²) in [7, 11) is 0. The van der Waals surface area contributed by atoms with Crippen LogP contribution in [0.15, 0.2) is 23.1 Å². The van der Waals surface area contributed by atoms with Crippen LogP contribution in [-0.2, 0) is 0 Å². The molecule has 1 unspecified atom stereocenters. The van der Waals surface area contributed by atoms with Crippen LogP contribution in [-0.4, -0.2) is 12.9 Å². The number of hydrogen-bond donors (Lipinski definition) is 1. The van der Waals surface area contributed by atoms with Gasteiger partial charge in [-0.1, -0.05) is 12.1 Å². The van der Waals surface area contributed by atoms with Crippen molar-refractivity contribution in [3.05, 3.63) is 23.8 Å². The highest BCUT2D eigenvalue weighted by molar-refractivity contribution is 7.98. The minimum Gasteiger partial charge on any atom is -0.490 e. The van der Waals surface area contributed by atoms with Gasteiger partial charge in [0, 0.05) is 10.5 Å². The smallest absolute Gasteiger partial charge is 0.137 e. The first-order valence-electron chi connectivity index (χ1n) is 3.88. The van der Waals surface area contributed by atoms with E-state index < -0.39 is 0 Å². The van der Waals surface area contributed by atoms with Crippen molar-refractivity contribution in [2.24, 2.45) is 5.73 Å². The number of thioether (sulfide) groups is 1. The van der Waals surface area contributed by atoms with Crippen LogP contribution in [0.1, 0.15) is 11.6 Å². The molecule has 12 heavy (non-hydrogen) atoms. The molecular formula is C9H11NOS. The normalized spacial score (nSPS) is 20.3. The Morgan fingerprint density at radius 1 is 1.58 bits per heavy atom. The lowest BCUT2D eigenvalue weighted by Crippen LogP contribution is -2.10. The second kappa shape index (κ2) is 2.99. The van der Waals surface area contributed by atoms with E-state index in [0.717, 1.165) is 11.3 Å². The number of rotatable bonds is 1. The van der Waals surface area contributed by atoms with E-state index in [1.54, 1.807) is 11.8 Å². The highest BCUT2D eigenvalue weighted by Gasteiger charge is 2.22.